The number of rotatable bonds is 13. The Hall–Kier alpha value is -4.38. The highest BCUT2D eigenvalue weighted by molar-refractivity contribution is 6.35. The Balaban J connectivity index is 1.10. The maximum atomic E-state index is 15.1. The number of nitrogens with zero attached hydrogens (tertiary/aromatic N) is 2. The van der Waals surface area contributed by atoms with E-state index >= 15 is 4.39 Å². The van der Waals surface area contributed by atoms with Gasteiger partial charge in [-0.1, -0.05) is 53.5 Å². The van der Waals surface area contributed by atoms with Crippen molar-refractivity contribution in [2.45, 2.75) is 50.9 Å². The monoisotopic (exact) mass is 748 g/mol. The number of aromatic amines is 1. The number of halogens is 3. The highest BCUT2D eigenvalue weighted by Gasteiger charge is 2.38. The van der Waals surface area contributed by atoms with Crippen LogP contribution in [0.2, 0.25) is 10.0 Å². The molecule has 2 atom stereocenters. The fraction of sp³-hybridized carbons (Fsp3) is 0.375. The first-order valence-corrected chi connectivity index (χ1v) is 18.4. The van der Waals surface area contributed by atoms with Crippen LogP contribution in [0, 0.1) is 17.7 Å². The Morgan fingerprint density at radius 2 is 1.69 bits per heavy atom. The highest BCUT2D eigenvalue weighted by atomic mass is 35.5. The van der Waals surface area contributed by atoms with Gasteiger partial charge >= 0.3 is 12.1 Å². The second-order valence-electron chi connectivity index (χ2n) is 13.7. The van der Waals surface area contributed by atoms with E-state index in [1.807, 2.05) is 12.1 Å². The Morgan fingerprint density at radius 3 is 2.35 bits per heavy atom. The predicted molar refractivity (Wildman–Crippen MR) is 195 cm³/mol. The van der Waals surface area contributed by atoms with Crippen LogP contribution in [0.15, 0.2) is 79.1 Å². The number of fused-ring (bicyclic) bond motifs is 3. The van der Waals surface area contributed by atoms with Crippen LogP contribution in [0.1, 0.15) is 58.8 Å². The van der Waals surface area contributed by atoms with Crippen molar-refractivity contribution in [3.05, 3.63) is 117 Å². The summed E-state index contributed by atoms with van der Waals surface area (Å²) in [6.07, 6.45) is 6.04. The smallest absolute Gasteiger partial charge is 0.415 e. The summed E-state index contributed by atoms with van der Waals surface area (Å²) in [6.45, 7) is 3.32. The molecule has 1 amide bonds. The molecule has 4 aromatic rings. The fourth-order valence-corrected chi connectivity index (χ4v) is 7.40. The SMILES string of the molecule is COc1ccc([C@H](Cc2c(Cl)c[nH+]cc2Cl)OC(=O)c2ccc(CN(C(=O)O[C@H]3CN4CCC3CC4)c3ccccc3F)cc2)cc1OCC1CC1. The van der Waals surface area contributed by atoms with Crippen molar-refractivity contribution >= 4 is 41.0 Å². The standard InChI is InChI=1S/C40H40Cl2FN3O6/c1-49-35-13-12-29(18-37(35)50-24-26-6-7-26)36(19-30-31(41)20-44-21-32(30)42)51-39(47)28-10-8-25(9-11-28)22-46(34-5-3-2-4-33(34)43)40(48)52-38-23-45-16-14-27(38)15-17-45/h2-5,8-13,18,20-21,26-27,36,38H,6-7,14-17,19,22-24H2,1H3/p+1/t36-,38-/m0/s1. The van der Waals surface area contributed by atoms with Crippen molar-refractivity contribution in [2.75, 3.05) is 38.3 Å². The molecule has 4 fully saturated rings. The summed E-state index contributed by atoms with van der Waals surface area (Å²) in [4.78, 5) is 33.9. The van der Waals surface area contributed by atoms with Crippen molar-refractivity contribution in [3.8, 4) is 11.5 Å². The molecule has 9 nitrogen and oxygen atoms in total. The van der Waals surface area contributed by atoms with Gasteiger partial charge in [-0.3, -0.25) is 9.80 Å². The first-order chi connectivity index (χ1) is 25.2. The Labute approximate surface area is 312 Å². The number of esters is 1. The van der Waals surface area contributed by atoms with Crippen molar-refractivity contribution < 1.29 is 37.9 Å². The van der Waals surface area contributed by atoms with Gasteiger partial charge < -0.3 is 18.9 Å². The number of para-hydroxylation sites is 1. The van der Waals surface area contributed by atoms with Crippen LogP contribution < -0.4 is 19.4 Å². The van der Waals surface area contributed by atoms with Crippen LogP contribution >= 0.6 is 23.2 Å². The summed E-state index contributed by atoms with van der Waals surface area (Å²) in [7, 11) is 1.58. The van der Waals surface area contributed by atoms with Gasteiger partial charge in [0, 0.05) is 18.5 Å². The molecule has 0 unspecified atom stereocenters. The zero-order chi connectivity index (χ0) is 36.2. The van der Waals surface area contributed by atoms with Gasteiger partial charge in [0.1, 0.15) is 28.1 Å². The molecule has 4 aliphatic rings. The number of nitrogens with one attached hydrogen (secondary N) is 1. The van der Waals surface area contributed by atoms with E-state index in [2.05, 4.69) is 9.88 Å². The second kappa shape index (κ2) is 16.1. The molecular weight excluding hydrogens is 708 g/mol. The van der Waals surface area contributed by atoms with Crippen LogP contribution in [0.25, 0.3) is 0 Å². The van der Waals surface area contributed by atoms with Crippen molar-refractivity contribution in [2.24, 2.45) is 11.8 Å². The number of carbonyl (C=O) groups is 2. The number of hydrogen-bond donors (Lipinski definition) is 0. The number of benzene rings is 3. The zero-order valence-electron chi connectivity index (χ0n) is 28.9. The average molecular weight is 750 g/mol. The van der Waals surface area contributed by atoms with Crippen molar-refractivity contribution in [3.63, 3.8) is 0 Å². The third-order valence-electron chi connectivity index (χ3n) is 10.1. The molecular formula is C40H41Cl2FN3O6+. The lowest BCUT2D eigenvalue weighted by atomic mass is 9.86. The summed E-state index contributed by atoms with van der Waals surface area (Å²) in [5.41, 5.74) is 2.38. The molecule has 272 valence electrons. The number of piperidine rings is 3. The lowest BCUT2D eigenvalue weighted by Crippen LogP contribution is -2.53. The van der Waals surface area contributed by atoms with E-state index in [9.17, 15) is 9.59 Å². The van der Waals surface area contributed by atoms with E-state index < -0.39 is 24.0 Å². The molecule has 0 radical (unpaired) electrons. The minimum Gasteiger partial charge on any atom is -0.493 e. The number of H-pyrrole nitrogens is 1. The van der Waals surface area contributed by atoms with Crippen molar-refractivity contribution in [1.29, 1.82) is 0 Å². The van der Waals surface area contributed by atoms with E-state index in [1.165, 1.54) is 11.0 Å². The molecule has 3 saturated heterocycles. The van der Waals surface area contributed by atoms with E-state index in [0.717, 1.165) is 38.8 Å². The van der Waals surface area contributed by atoms with Crippen LogP contribution in [0.4, 0.5) is 14.9 Å². The normalized spacial score (nSPS) is 19.8. The van der Waals surface area contributed by atoms with Gasteiger partial charge in [0.25, 0.3) is 0 Å². The first kappa shape index (κ1) is 36.0. The van der Waals surface area contributed by atoms with E-state index in [0.29, 0.717) is 68.8 Å². The van der Waals surface area contributed by atoms with Gasteiger partial charge in [-0.15, -0.1) is 0 Å². The van der Waals surface area contributed by atoms with Crippen LogP contribution in [-0.4, -0.2) is 56.4 Å². The zero-order valence-corrected chi connectivity index (χ0v) is 30.4. The molecule has 1 N–H and O–H groups in total. The number of amides is 1. The maximum Gasteiger partial charge on any atom is 0.415 e. The van der Waals surface area contributed by atoms with E-state index in [4.69, 9.17) is 42.1 Å². The van der Waals surface area contributed by atoms with Gasteiger partial charge in [0.15, 0.2) is 23.9 Å². The van der Waals surface area contributed by atoms with Gasteiger partial charge in [-0.25, -0.2) is 19.0 Å². The molecule has 1 saturated carbocycles. The summed E-state index contributed by atoms with van der Waals surface area (Å²) in [6, 6.07) is 18.3. The Kier molecular flexibility index (Phi) is 11.1. The lowest BCUT2D eigenvalue weighted by Gasteiger charge is -2.44. The summed E-state index contributed by atoms with van der Waals surface area (Å²) in [5.74, 6) is 0.858. The van der Waals surface area contributed by atoms with Crippen molar-refractivity contribution in [1.82, 2.24) is 4.90 Å². The van der Waals surface area contributed by atoms with Crippen LogP contribution in [0.3, 0.4) is 0 Å². The molecule has 1 aromatic heterocycles. The third kappa shape index (κ3) is 8.46. The summed E-state index contributed by atoms with van der Waals surface area (Å²) < 4.78 is 38.9. The third-order valence-corrected chi connectivity index (χ3v) is 10.8. The molecule has 4 heterocycles. The van der Waals surface area contributed by atoms with Crippen LogP contribution in [0.5, 0.6) is 11.5 Å². The van der Waals surface area contributed by atoms with Gasteiger partial charge in [0.05, 0.1) is 31.5 Å². The second-order valence-corrected chi connectivity index (χ2v) is 14.5. The van der Waals surface area contributed by atoms with Gasteiger partial charge in [-0.2, -0.15) is 0 Å². The predicted octanol–water partition coefficient (Wildman–Crippen LogP) is 8.12. The number of aromatic nitrogens is 1. The Morgan fingerprint density at radius 1 is 0.962 bits per heavy atom. The fourth-order valence-electron chi connectivity index (χ4n) is 6.86. The Bertz CT molecular complexity index is 1880. The largest absolute Gasteiger partial charge is 0.493 e. The first-order valence-electron chi connectivity index (χ1n) is 17.7. The van der Waals surface area contributed by atoms with E-state index in [-0.39, 0.29) is 24.8 Å². The van der Waals surface area contributed by atoms with Crippen LogP contribution in [-0.2, 0) is 22.4 Å². The summed E-state index contributed by atoms with van der Waals surface area (Å²) >= 11 is 13.1. The average Bonchev–Trinajstić information content (AvgIpc) is 4.00. The number of ether oxygens (including phenoxy) is 4. The minimum absolute atomic E-state index is 0.0380. The molecule has 8 rings (SSSR count). The maximum absolute atomic E-state index is 15.1. The molecule has 0 spiro atoms. The number of pyridine rings is 1. The lowest BCUT2D eigenvalue weighted by molar-refractivity contribution is -0.377. The summed E-state index contributed by atoms with van der Waals surface area (Å²) in [5, 5.41) is 0.811. The number of hydrogen-bond acceptors (Lipinski definition) is 7. The van der Waals surface area contributed by atoms with Gasteiger partial charge in [-0.05, 0) is 98.1 Å². The molecule has 52 heavy (non-hydrogen) atoms. The quantitative estimate of drug-likeness (QED) is 0.128. The molecule has 3 aliphatic heterocycles. The highest BCUT2D eigenvalue weighted by Crippen LogP contribution is 2.38. The topological polar surface area (TPSA) is 91.7 Å². The molecule has 12 heteroatoms. The molecule has 3 aromatic carbocycles. The number of carbonyl (C=O) groups excluding carboxylic acids is 2. The minimum atomic E-state index is -0.781. The number of anilines is 1. The number of methoxy groups -OCH3 is 1. The van der Waals surface area contributed by atoms with Gasteiger partial charge in [0.2, 0.25) is 0 Å². The van der Waals surface area contributed by atoms with E-state index in [1.54, 1.807) is 68.0 Å². The molecule has 2 bridgehead atoms. The molecule has 1 aliphatic carbocycles.